The lowest BCUT2D eigenvalue weighted by Gasteiger charge is -2.15. The molecule has 2 aromatic rings. The van der Waals surface area contributed by atoms with Crippen molar-refractivity contribution in [3.63, 3.8) is 0 Å². The van der Waals surface area contributed by atoms with E-state index in [-0.39, 0.29) is 22.0 Å². The lowest BCUT2D eigenvalue weighted by atomic mass is 9.97. The summed E-state index contributed by atoms with van der Waals surface area (Å²) in [6, 6.07) is 6.93. The summed E-state index contributed by atoms with van der Waals surface area (Å²) in [4.78, 5) is 11.3. The Hall–Kier alpha value is -2.35. The number of carbonyl (C=O) groups is 1. The van der Waals surface area contributed by atoms with Crippen LogP contribution in [0.2, 0.25) is 0 Å². The largest absolute Gasteiger partial charge is 0.426 e. The Morgan fingerprint density at radius 3 is 2.23 bits per heavy atom. The lowest BCUT2D eigenvalue weighted by Crippen LogP contribution is -2.08. The van der Waals surface area contributed by atoms with Crippen LogP contribution in [0.5, 0.6) is 5.75 Å². The van der Waals surface area contributed by atoms with Crippen molar-refractivity contribution in [3.8, 4) is 16.9 Å². The van der Waals surface area contributed by atoms with Crippen LogP contribution in [0, 0.1) is 6.92 Å². The predicted molar refractivity (Wildman–Crippen MR) is 90.7 cm³/mol. The third kappa shape index (κ3) is 4.24. The molecule has 0 amide bonds. The van der Waals surface area contributed by atoms with Gasteiger partial charge in [-0.1, -0.05) is 13.0 Å². The molecule has 0 aliphatic carbocycles. The van der Waals surface area contributed by atoms with Gasteiger partial charge in [-0.3, -0.25) is 4.79 Å². The molecule has 0 aromatic heterocycles. The molecule has 0 radical (unpaired) electrons. The van der Waals surface area contributed by atoms with Crippen LogP contribution in [0.25, 0.3) is 11.1 Å². The number of hydrogen-bond donors (Lipinski definition) is 0. The predicted octanol–water partition coefficient (Wildman–Crippen LogP) is 4.40. The van der Waals surface area contributed by atoms with Crippen LogP contribution < -0.4 is 4.74 Å². The zero-order chi connectivity index (χ0) is 19.7. The number of benzene rings is 2. The number of halogens is 3. The summed E-state index contributed by atoms with van der Waals surface area (Å²) >= 11 is 0. The first-order chi connectivity index (χ1) is 12.0. The molecule has 0 N–H and O–H groups in total. The van der Waals surface area contributed by atoms with Gasteiger partial charge >= 0.3 is 12.1 Å². The first-order valence-corrected chi connectivity index (χ1v) is 9.34. The molecule has 0 spiro atoms. The minimum Gasteiger partial charge on any atom is -0.426 e. The molecule has 140 valence electrons. The Labute approximate surface area is 149 Å². The maximum atomic E-state index is 13.1. The Morgan fingerprint density at radius 2 is 1.73 bits per heavy atom. The first-order valence-electron chi connectivity index (χ1n) is 7.69. The van der Waals surface area contributed by atoms with E-state index in [4.69, 9.17) is 4.74 Å². The average molecular weight is 386 g/mol. The van der Waals surface area contributed by atoms with Crippen molar-refractivity contribution < 1.29 is 31.1 Å². The summed E-state index contributed by atoms with van der Waals surface area (Å²) in [5, 5.41) is 0. The van der Waals surface area contributed by atoms with E-state index in [0.717, 1.165) is 25.1 Å². The molecule has 26 heavy (non-hydrogen) atoms. The van der Waals surface area contributed by atoms with Crippen molar-refractivity contribution >= 4 is 15.8 Å². The SMILES string of the molecule is CCS(=O)(=O)c1ccc(-c2cc(C(F)(F)F)ccc2OC(C)=O)c(C)c1. The lowest BCUT2D eigenvalue weighted by molar-refractivity contribution is -0.137. The fourth-order valence-corrected chi connectivity index (χ4v) is 3.42. The van der Waals surface area contributed by atoms with E-state index in [9.17, 15) is 26.4 Å². The maximum Gasteiger partial charge on any atom is 0.416 e. The molecule has 0 aliphatic heterocycles. The molecule has 0 unspecified atom stereocenters. The molecule has 0 saturated carbocycles. The molecule has 8 heteroatoms. The summed E-state index contributed by atoms with van der Waals surface area (Å²) in [7, 11) is -3.45. The highest BCUT2D eigenvalue weighted by Crippen LogP contribution is 2.39. The minimum atomic E-state index is -4.57. The number of esters is 1. The van der Waals surface area contributed by atoms with Gasteiger partial charge in [0.2, 0.25) is 0 Å². The number of sulfone groups is 1. The third-order valence-electron chi connectivity index (χ3n) is 3.79. The van der Waals surface area contributed by atoms with Gasteiger partial charge in [0.15, 0.2) is 9.84 Å². The monoisotopic (exact) mass is 386 g/mol. The highest BCUT2D eigenvalue weighted by molar-refractivity contribution is 7.91. The van der Waals surface area contributed by atoms with E-state index in [1.54, 1.807) is 6.92 Å². The van der Waals surface area contributed by atoms with Gasteiger partial charge in [-0.15, -0.1) is 0 Å². The summed E-state index contributed by atoms with van der Waals surface area (Å²) in [6.45, 7) is 4.23. The van der Waals surface area contributed by atoms with Crippen molar-refractivity contribution in [1.82, 2.24) is 0 Å². The zero-order valence-corrected chi connectivity index (χ0v) is 15.2. The molecule has 4 nitrogen and oxygen atoms in total. The molecule has 0 heterocycles. The highest BCUT2D eigenvalue weighted by atomic mass is 32.2. The number of aryl methyl sites for hydroxylation is 1. The van der Waals surface area contributed by atoms with E-state index < -0.39 is 27.5 Å². The van der Waals surface area contributed by atoms with Crippen LogP contribution >= 0.6 is 0 Å². The Kier molecular flexibility index (Phi) is 5.46. The first kappa shape index (κ1) is 20.0. The van der Waals surface area contributed by atoms with E-state index in [1.165, 1.54) is 25.1 Å². The molecular formula is C18H17F3O4S. The number of hydrogen-bond acceptors (Lipinski definition) is 4. The number of carbonyl (C=O) groups excluding carboxylic acids is 1. The van der Waals surface area contributed by atoms with Gasteiger partial charge in [-0.25, -0.2) is 8.42 Å². The van der Waals surface area contributed by atoms with Gasteiger partial charge in [0.05, 0.1) is 16.2 Å². The minimum absolute atomic E-state index is 0.0281. The second kappa shape index (κ2) is 7.11. The van der Waals surface area contributed by atoms with Crippen molar-refractivity contribution in [3.05, 3.63) is 47.5 Å². The topological polar surface area (TPSA) is 60.4 Å². The smallest absolute Gasteiger partial charge is 0.416 e. The molecule has 0 fully saturated rings. The van der Waals surface area contributed by atoms with E-state index in [1.807, 2.05) is 0 Å². The Morgan fingerprint density at radius 1 is 1.08 bits per heavy atom. The van der Waals surface area contributed by atoms with Crippen LogP contribution in [0.15, 0.2) is 41.3 Å². The van der Waals surface area contributed by atoms with Gasteiger partial charge in [0, 0.05) is 12.5 Å². The number of alkyl halides is 3. The normalized spacial score (nSPS) is 12.1. The zero-order valence-electron chi connectivity index (χ0n) is 14.3. The van der Waals surface area contributed by atoms with E-state index in [0.29, 0.717) is 11.1 Å². The van der Waals surface area contributed by atoms with Crippen molar-refractivity contribution in [2.75, 3.05) is 5.75 Å². The van der Waals surface area contributed by atoms with Crippen molar-refractivity contribution in [2.45, 2.75) is 31.8 Å². The molecule has 0 aliphatic rings. The second-order valence-electron chi connectivity index (χ2n) is 5.68. The third-order valence-corrected chi connectivity index (χ3v) is 5.52. The Bertz CT molecular complexity index is 947. The standard InChI is InChI=1S/C18H17F3O4S/c1-4-26(23,24)14-6-7-15(11(2)9-14)16-10-13(18(19,20)21)5-8-17(16)25-12(3)22/h5-10H,4H2,1-3H3. The molecule has 0 saturated heterocycles. The van der Waals surface area contributed by atoms with Gasteiger partial charge in [0.1, 0.15) is 5.75 Å². The maximum absolute atomic E-state index is 13.1. The van der Waals surface area contributed by atoms with Gasteiger partial charge in [0.25, 0.3) is 0 Å². The van der Waals surface area contributed by atoms with Crippen LogP contribution in [0.1, 0.15) is 25.0 Å². The van der Waals surface area contributed by atoms with Crippen molar-refractivity contribution in [2.24, 2.45) is 0 Å². The highest BCUT2D eigenvalue weighted by Gasteiger charge is 2.31. The van der Waals surface area contributed by atoms with E-state index >= 15 is 0 Å². The van der Waals surface area contributed by atoms with Gasteiger partial charge < -0.3 is 4.74 Å². The molecule has 2 aromatic carbocycles. The van der Waals surface area contributed by atoms with Gasteiger partial charge in [-0.2, -0.15) is 13.2 Å². The average Bonchev–Trinajstić information content (AvgIpc) is 2.53. The number of ether oxygens (including phenoxy) is 1. The van der Waals surface area contributed by atoms with Gasteiger partial charge in [-0.05, 0) is 48.4 Å². The Balaban J connectivity index is 2.67. The van der Waals surface area contributed by atoms with Crippen LogP contribution in [0.3, 0.4) is 0 Å². The fraction of sp³-hybridized carbons (Fsp3) is 0.278. The molecule has 2 rings (SSSR count). The summed E-state index contributed by atoms with van der Waals surface area (Å²) < 4.78 is 68.2. The van der Waals surface area contributed by atoms with E-state index in [2.05, 4.69) is 0 Å². The van der Waals surface area contributed by atoms with Crippen LogP contribution in [-0.2, 0) is 20.8 Å². The van der Waals surface area contributed by atoms with Crippen molar-refractivity contribution in [1.29, 1.82) is 0 Å². The number of rotatable bonds is 4. The second-order valence-corrected chi connectivity index (χ2v) is 7.96. The quantitative estimate of drug-likeness (QED) is 0.577. The summed E-state index contributed by atoms with van der Waals surface area (Å²) in [5.41, 5.74) is -0.0318. The van der Waals surface area contributed by atoms with Crippen LogP contribution in [-0.4, -0.2) is 20.1 Å². The molecule has 0 atom stereocenters. The molecular weight excluding hydrogens is 369 g/mol. The summed E-state index contributed by atoms with van der Waals surface area (Å²) in [6.07, 6.45) is -4.57. The summed E-state index contributed by atoms with van der Waals surface area (Å²) in [5.74, 6) is -0.790. The fourth-order valence-electron chi connectivity index (χ4n) is 2.46. The molecule has 0 bridgehead atoms. The van der Waals surface area contributed by atoms with Crippen LogP contribution in [0.4, 0.5) is 13.2 Å².